The second kappa shape index (κ2) is 5.48. The van der Waals surface area contributed by atoms with Crippen molar-refractivity contribution >= 4 is 27.6 Å². The van der Waals surface area contributed by atoms with Gasteiger partial charge in [0.2, 0.25) is 10.0 Å². The van der Waals surface area contributed by atoms with Crippen molar-refractivity contribution in [3.63, 3.8) is 0 Å². The number of carboxylic acid groups (broad SMARTS) is 1. The number of halogens is 1. The summed E-state index contributed by atoms with van der Waals surface area (Å²) in [4.78, 5) is 10.7. The van der Waals surface area contributed by atoms with E-state index in [2.05, 4.69) is 4.72 Å². The zero-order chi connectivity index (χ0) is 13.1. The Balaban J connectivity index is 2.96. The first-order valence-electron chi connectivity index (χ1n) is 4.87. The molecular weight excluding hydrogens is 266 g/mol. The van der Waals surface area contributed by atoms with Crippen LogP contribution in [0.4, 0.5) is 0 Å². The first-order chi connectivity index (χ1) is 7.86. The van der Waals surface area contributed by atoms with Gasteiger partial charge in [0.15, 0.2) is 0 Å². The molecule has 5 nitrogen and oxygen atoms in total. The molecule has 94 valence electrons. The minimum absolute atomic E-state index is 0.0124. The summed E-state index contributed by atoms with van der Waals surface area (Å²) in [7, 11) is -3.82. The van der Waals surface area contributed by atoms with Gasteiger partial charge in [0.1, 0.15) is 6.04 Å². The summed E-state index contributed by atoms with van der Waals surface area (Å²) in [6.45, 7) is 1.59. The maximum atomic E-state index is 11.8. The fraction of sp³-hybridized carbons (Fsp3) is 0.300. The molecule has 0 amide bonds. The first-order valence-corrected chi connectivity index (χ1v) is 6.73. The van der Waals surface area contributed by atoms with E-state index >= 15 is 0 Å². The van der Waals surface area contributed by atoms with Crippen molar-refractivity contribution < 1.29 is 18.3 Å². The first kappa shape index (κ1) is 14.0. The summed E-state index contributed by atoms with van der Waals surface area (Å²) in [5.74, 6) is -1.20. The Bertz CT molecular complexity index is 498. The number of benzene rings is 1. The van der Waals surface area contributed by atoms with Crippen LogP contribution < -0.4 is 4.72 Å². The molecule has 0 heterocycles. The molecule has 0 aromatic heterocycles. The molecule has 1 aromatic rings. The largest absolute Gasteiger partial charge is 0.480 e. The van der Waals surface area contributed by atoms with Crippen LogP contribution >= 0.6 is 11.6 Å². The number of carbonyl (C=O) groups is 1. The Hall–Kier alpha value is -1.11. The zero-order valence-corrected chi connectivity index (χ0v) is 10.6. The molecule has 0 aliphatic carbocycles. The molecule has 0 aliphatic heterocycles. The van der Waals surface area contributed by atoms with E-state index in [1.54, 1.807) is 6.92 Å². The second-order valence-electron chi connectivity index (χ2n) is 3.37. The molecule has 0 bridgehead atoms. The SMILES string of the molecule is CC[C@H](NS(=O)(=O)c1ccc(Cl)cc1)C(=O)O. The van der Waals surface area contributed by atoms with Crippen LogP contribution in [0.5, 0.6) is 0 Å². The highest BCUT2D eigenvalue weighted by molar-refractivity contribution is 7.89. The fourth-order valence-electron chi connectivity index (χ4n) is 1.18. The van der Waals surface area contributed by atoms with Gasteiger partial charge in [0.05, 0.1) is 4.90 Å². The Labute approximate surface area is 104 Å². The lowest BCUT2D eigenvalue weighted by Gasteiger charge is -2.12. The summed E-state index contributed by atoms with van der Waals surface area (Å²) in [6, 6.07) is 4.37. The molecule has 0 radical (unpaired) electrons. The van der Waals surface area contributed by atoms with Gasteiger partial charge in [-0.2, -0.15) is 4.72 Å². The molecule has 1 atom stereocenters. The van der Waals surface area contributed by atoms with Crippen LogP contribution in [0, 0.1) is 0 Å². The summed E-state index contributed by atoms with van der Waals surface area (Å²) in [6.07, 6.45) is 0.169. The minimum Gasteiger partial charge on any atom is -0.480 e. The van der Waals surface area contributed by atoms with Crippen LogP contribution in [0.3, 0.4) is 0 Å². The van der Waals surface area contributed by atoms with Gasteiger partial charge < -0.3 is 5.11 Å². The van der Waals surface area contributed by atoms with Gasteiger partial charge in [-0.25, -0.2) is 8.42 Å². The number of sulfonamides is 1. The van der Waals surface area contributed by atoms with Crippen LogP contribution in [0.2, 0.25) is 5.02 Å². The summed E-state index contributed by atoms with van der Waals surface area (Å²) in [5, 5.41) is 9.19. The normalized spacial score (nSPS) is 13.3. The van der Waals surface area contributed by atoms with Gasteiger partial charge in [-0.05, 0) is 30.7 Å². The van der Waals surface area contributed by atoms with Gasteiger partial charge in [-0.15, -0.1) is 0 Å². The average Bonchev–Trinajstić information content (AvgIpc) is 2.26. The van der Waals surface area contributed by atoms with E-state index in [9.17, 15) is 13.2 Å². The zero-order valence-electron chi connectivity index (χ0n) is 9.05. The smallest absolute Gasteiger partial charge is 0.321 e. The third-order valence-corrected chi connectivity index (χ3v) is 3.87. The third-order valence-electron chi connectivity index (χ3n) is 2.13. The average molecular weight is 278 g/mol. The topological polar surface area (TPSA) is 83.5 Å². The van der Waals surface area contributed by atoms with Crippen molar-refractivity contribution in [2.24, 2.45) is 0 Å². The number of hydrogen-bond acceptors (Lipinski definition) is 3. The van der Waals surface area contributed by atoms with E-state index in [0.29, 0.717) is 5.02 Å². The highest BCUT2D eigenvalue weighted by atomic mass is 35.5. The van der Waals surface area contributed by atoms with E-state index in [0.717, 1.165) is 0 Å². The highest BCUT2D eigenvalue weighted by Gasteiger charge is 2.23. The van der Waals surface area contributed by atoms with Crippen molar-refractivity contribution in [1.82, 2.24) is 4.72 Å². The summed E-state index contributed by atoms with van der Waals surface area (Å²) < 4.78 is 25.7. The number of hydrogen-bond donors (Lipinski definition) is 2. The molecular formula is C10H12ClNO4S. The lowest BCUT2D eigenvalue weighted by molar-refractivity contribution is -0.139. The predicted octanol–water partition coefficient (Wildman–Crippen LogP) is 1.48. The Morgan fingerprint density at radius 3 is 2.35 bits per heavy atom. The predicted molar refractivity (Wildman–Crippen MR) is 63.5 cm³/mol. The molecule has 0 saturated heterocycles. The maximum Gasteiger partial charge on any atom is 0.321 e. The van der Waals surface area contributed by atoms with Crippen molar-refractivity contribution in [1.29, 1.82) is 0 Å². The molecule has 0 fully saturated rings. The highest BCUT2D eigenvalue weighted by Crippen LogP contribution is 2.14. The fourth-order valence-corrected chi connectivity index (χ4v) is 2.58. The Morgan fingerprint density at radius 1 is 1.41 bits per heavy atom. The van der Waals surface area contributed by atoms with Crippen molar-refractivity contribution in [2.45, 2.75) is 24.3 Å². The molecule has 17 heavy (non-hydrogen) atoms. The van der Waals surface area contributed by atoms with Gasteiger partial charge >= 0.3 is 5.97 Å². The van der Waals surface area contributed by atoms with E-state index < -0.39 is 22.0 Å². The second-order valence-corrected chi connectivity index (χ2v) is 5.52. The van der Waals surface area contributed by atoms with Crippen LogP contribution in [0.15, 0.2) is 29.2 Å². The molecule has 7 heteroatoms. The van der Waals surface area contributed by atoms with Crippen LogP contribution in [0.25, 0.3) is 0 Å². The lowest BCUT2D eigenvalue weighted by atomic mass is 10.2. The lowest BCUT2D eigenvalue weighted by Crippen LogP contribution is -2.40. The van der Waals surface area contributed by atoms with E-state index in [1.165, 1.54) is 24.3 Å². The van der Waals surface area contributed by atoms with Crippen molar-refractivity contribution in [3.05, 3.63) is 29.3 Å². The molecule has 2 N–H and O–H groups in total. The van der Waals surface area contributed by atoms with Gasteiger partial charge in [0, 0.05) is 5.02 Å². The number of carboxylic acids is 1. The maximum absolute atomic E-state index is 11.8. The monoisotopic (exact) mass is 277 g/mol. The van der Waals surface area contributed by atoms with Gasteiger partial charge in [0.25, 0.3) is 0 Å². The third kappa shape index (κ3) is 3.69. The molecule has 1 aromatic carbocycles. The van der Waals surface area contributed by atoms with Crippen LogP contribution in [-0.4, -0.2) is 25.5 Å². The quantitative estimate of drug-likeness (QED) is 0.854. The van der Waals surface area contributed by atoms with Gasteiger partial charge in [-0.3, -0.25) is 4.79 Å². The van der Waals surface area contributed by atoms with Crippen LogP contribution in [0.1, 0.15) is 13.3 Å². The summed E-state index contributed by atoms with van der Waals surface area (Å²) in [5.41, 5.74) is 0. The number of rotatable bonds is 5. The van der Waals surface area contributed by atoms with Crippen molar-refractivity contribution in [3.8, 4) is 0 Å². The van der Waals surface area contributed by atoms with E-state index in [-0.39, 0.29) is 11.3 Å². The minimum atomic E-state index is -3.82. The molecule has 0 spiro atoms. The number of aliphatic carboxylic acids is 1. The Morgan fingerprint density at radius 2 is 1.94 bits per heavy atom. The molecule has 0 saturated carbocycles. The molecule has 0 unspecified atom stereocenters. The molecule has 1 rings (SSSR count). The van der Waals surface area contributed by atoms with E-state index in [1.807, 2.05) is 0 Å². The Kier molecular flexibility index (Phi) is 4.50. The van der Waals surface area contributed by atoms with Crippen LogP contribution in [-0.2, 0) is 14.8 Å². The van der Waals surface area contributed by atoms with E-state index in [4.69, 9.17) is 16.7 Å². The standard InChI is InChI=1S/C10H12ClNO4S/c1-2-9(10(13)14)12-17(15,16)8-5-3-7(11)4-6-8/h3-6,9,12H,2H2,1H3,(H,13,14)/t9-/m0/s1. The molecule has 0 aliphatic rings. The number of nitrogens with one attached hydrogen (secondary N) is 1. The summed E-state index contributed by atoms with van der Waals surface area (Å²) >= 11 is 5.64. The van der Waals surface area contributed by atoms with Crippen molar-refractivity contribution in [2.75, 3.05) is 0 Å². The van der Waals surface area contributed by atoms with Gasteiger partial charge in [-0.1, -0.05) is 18.5 Å².